The summed E-state index contributed by atoms with van der Waals surface area (Å²) in [4.78, 5) is 12.9. The summed E-state index contributed by atoms with van der Waals surface area (Å²) < 4.78 is 12.1. The smallest absolute Gasteiger partial charge is 0.170 e. The molecule has 4 rings (SSSR count). The number of ketones is 1. The molecule has 156 valence electrons. The maximum Gasteiger partial charge on any atom is 0.170 e. The lowest BCUT2D eigenvalue weighted by Crippen LogP contribution is -2.27. The Morgan fingerprint density at radius 1 is 1.20 bits per heavy atom. The fraction of sp³-hybridized carbons (Fsp3) is 0.320. The molecule has 0 aromatic heterocycles. The number of carbonyl (C=O) groups is 1. The van der Waals surface area contributed by atoms with Gasteiger partial charge in [0.2, 0.25) is 0 Å². The predicted octanol–water partition coefficient (Wildman–Crippen LogP) is 5.50. The van der Waals surface area contributed by atoms with Crippen LogP contribution in [0, 0.1) is 0 Å². The number of benzene rings is 2. The first-order valence-electron chi connectivity index (χ1n) is 10.1. The minimum absolute atomic E-state index is 0.0205. The molecular formula is C25H26O5. The van der Waals surface area contributed by atoms with Crippen LogP contribution < -0.4 is 9.47 Å². The first-order chi connectivity index (χ1) is 14.1. The first kappa shape index (κ1) is 20.1. The van der Waals surface area contributed by atoms with E-state index in [4.69, 9.17) is 9.47 Å². The van der Waals surface area contributed by atoms with Gasteiger partial charge in [-0.2, -0.15) is 0 Å². The summed E-state index contributed by atoms with van der Waals surface area (Å²) in [5.74, 6) is 1.01. The Balaban J connectivity index is 1.74. The maximum atomic E-state index is 12.9. The molecule has 0 saturated heterocycles. The Labute approximate surface area is 176 Å². The first-order valence-corrected chi connectivity index (χ1v) is 10.1. The van der Waals surface area contributed by atoms with E-state index in [2.05, 4.69) is 0 Å². The molecule has 30 heavy (non-hydrogen) atoms. The summed E-state index contributed by atoms with van der Waals surface area (Å²) in [5, 5.41) is 21.1. The van der Waals surface area contributed by atoms with Crippen LogP contribution in [0.3, 0.4) is 0 Å². The van der Waals surface area contributed by atoms with Crippen molar-refractivity contribution in [1.82, 2.24) is 0 Å². The van der Waals surface area contributed by atoms with E-state index in [9.17, 15) is 15.0 Å². The second-order valence-electron chi connectivity index (χ2n) is 8.65. The standard InChI is InChI=1S/C25H26O5/c1-14(2)5-6-16-19(26)8-7-17-20(27)13-23(29-24(16)17)18-11-15-9-10-25(3,4)30-22(15)12-21(18)28/h5,7-12,23,26,28H,6,13H2,1-4H3. The molecule has 5 heteroatoms. The molecule has 0 bridgehead atoms. The summed E-state index contributed by atoms with van der Waals surface area (Å²) in [6.45, 7) is 7.84. The number of Topliss-reactive ketones (excluding diaryl/α,β-unsaturated/α-hetero) is 1. The number of hydrogen-bond acceptors (Lipinski definition) is 5. The fourth-order valence-electron chi connectivity index (χ4n) is 3.80. The van der Waals surface area contributed by atoms with Crippen LogP contribution in [-0.2, 0) is 6.42 Å². The molecule has 2 aliphatic heterocycles. The van der Waals surface area contributed by atoms with Crippen molar-refractivity contribution >= 4 is 11.9 Å². The van der Waals surface area contributed by atoms with Gasteiger partial charge in [-0.25, -0.2) is 0 Å². The number of aromatic hydroxyl groups is 2. The summed E-state index contributed by atoms with van der Waals surface area (Å²) in [7, 11) is 0. The number of phenolic OH excluding ortho intramolecular Hbond substituents is 2. The van der Waals surface area contributed by atoms with Gasteiger partial charge in [0, 0.05) is 22.8 Å². The molecule has 0 fully saturated rings. The van der Waals surface area contributed by atoms with E-state index in [1.54, 1.807) is 18.2 Å². The lowest BCUT2D eigenvalue weighted by molar-refractivity contribution is 0.0844. The molecule has 5 nitrogen and oxygen atoms in total. The quantitative estimate of drug-likeness (QED) is 0.659. The highest BCUT2D eigenvalue weighted by molar-refractivity contribution is 6.00. The minimum Gasteiger partial charge on any atom is -0.508 e. The van der Waals surface area contributed by atoms with Gasteiger partial charge >= 0.3 is 0 Å². The molecule has 0 saturated carbocycles. The molecule has 1 unspecified atom stereocenters. The van der Waals surface area contributed by atoms with Crippen LogP contribution in [0.2, 0.25) is 0 Å². The Morgan fingerprint density at radius 2 is 1.97 bits per heavy atom. The van der Waals surface area contributed by atoms with Crippen LogP contribution in [-0.4, -0.2) is 21.6 Å². The Kier molecular flexibility index (Phi) is 4.85. The molecule has 0 radical (unpaired) electrons. The van der Waals surface area contributed by atoms with Crippen LogP contribution in [0.5, 0.6) is 23.0 Å². The van der Waals surface area contributed by atoms with Gasteiger partial charge in [-0.05, 0) is 58.4 Å². The predicted molar refractivity (Wildman–Crippen MR) is 115 cm³/mol. The summed E-state index contributed by atoms with van der Waals surface area (Å²) in [6, 6.07) is 6.51. The van der Waals surface area contributed by atoms with Gasteiger partial charge in [0.15, 0.2) is 5.78 Å². The zero-order valence-electron chi connectivity index (χ0n) is 17.7. The summed E-state index contributed by atoms with van der Waals surface area (Å²) >= 11 is 0. The molecule has 0 amide bonds. The number of rotatable bonds is 3. The van der Waals surface area contributed by atoms with Crippen LogP contribution in [0.1, 0.15) is 67.3 Å². The van der Waals surface area contributed by atoms with Gasteiger partial charge in [-0.15, -0.1) is 0 Å². The molecule has 2 aromatic rings. The molecule has 0 aliphatic carbocycles. The van der Waals surface area contributed by atoms with E-state index in [1.165, 1.54) is 6.07 Å². The number of carbonyl (C=O) groups excluding carboxylic acids is 1. The van der Waals surface area contributed by atoms with Crippen molar-refractivity contribution in [1.29, 1.82) is 0 Å². The Hall–Kier alpha value is -3.21. The number of allylic oxidation sites excluding steroid dienone is 2. The van der Waals surface area contributed by atoms with E-state index in [0.717, 1.165) is 11.1 Å². The van der Waals surface area contributed by atoms with Gasteiger partial charge in [-0.3, -0.25) is 4.79 Å². The van der Waals surface area contributed by atoms with E-state index < -0.39 is 11.7 Å². The third kappa shape index (κ3) is 3.67. The van der Waals surface area contributed by atoms with Gasteiger partial charge in [0.05, 0.1) is 12.0 Å². The van der Waals surface area contributed by atoms with Crippen LogP contribution >= 0.6 is 0 Å². The van der Waals surface area contributed by atoms with Crippen LogP contribution in [0.4, 0.5) is 0 Å². The second kappa shape index (κ2) is 7.24. The van der Waals surface area contributed by atoms with E-state index in [0.29, 0.717) is 34.6 Å². The Bertz CT molecular complexity index is 1090. The van der Waals surface area contributed by atoms with Crippen molar-refractivity contribution in [3.05, 3.63) is 64.2 Å². The third-order valence-corrected chi connectivity index (χ3v) is 5.42. The van der Waals surface area contributed by atoms with E-state index >= 15 is 0 Å². The maximum absolute atomic E-state index is 12.9. The second-order valence-corrected chi connectivity index (χ2v) is 8.65. The van der Waals surface area contributed by atoms with Gasteiger partial charge in [-0.1, -0.05) is 17.7 Å². The van der Waals surface area contributed by atoms with Crippen molar-refractivity contribution in [2.24, 2.45) is 0 Å². The molecule has 0 spiro atoms. The van der Waals surface area contributed by atoms with Crippen LogP contribution in [0.25, 0.3) is 6.08 Å². The lowest BCUT2D eigenvalue weighted by Gasteiger charge is -2.31. The monoisotopic (exact) mass is 406 g/mol. The van der Waals surface area contributed by atoms with E-state index in [-0.39, 0.29) is 23.7 Å². The normalized spacial score (nSPS) is 18.7. The van der Waals surface area contributed by atoms with Crippen LogP contribution in [0.15, 0.2) is 42.0 Å². The highest BCUT2D eigenvalue weighted by atomic mass is 16.5. The largest absolute Gasteiger partial charge is 0.508 e. The topological polar surface area (TPSA) is 76.0 Å². The van der Waals surface area contributed by atoms with Crippen molar-refractivity contribution in [2.45, 2.75) is 52.2 Å². The number of hydrogen-bond donors (Lipinski definition) is 2. The highest BCUT2D eigenvalue weighted by Crippen LogP contribution is 2.45. The van der Waals surface area contributed by atoms with E-state index in [1.807, 2.05) is 45.9 Å². The third-order valence-electron chi connectivity index (χ3n) is 5.42. The zero-order chi connectivity index (χ0) is 21.6. The molecule has 2 aliphatic rings. The van der Waals surface area contributed by atoms with Crippen molar-refractivity contribution in [2.75, 3.05) is 0 Å². The molecule has 1 atom stereocenters. The Morgan fingerprint density at radius 3 is 2.70 bits per heavy atom. The van der Waals surface area contributed by atoms with Gasteiger partial charge in [0.1, 0.15) is 34.7 Å². The molecular weight excluding hydrogens is 380 g/mol. The average Bonchev–Trinajstić information content (AvgIpc) is 2.65. The van der Waals surface area contributed by atoms with Crippen molar-refractivity contribution in [3.63, 3.8) is 0 Å². The SMILES string of the molecule is CC(C)=CCc1c(O)ccc2c1OC(c1cc3c(cc1O)OC(C)(C)C=C3)CC2=O. The lowest BCUT2D eigenvalue weighted by atomic mass is 9.91. The summed E-state index contributed by atoms with van der Waals surface area (Å²) in [6.07, 6.45) is 5.81. The van der Waals surface area contributed by atoms with Gasteiger partial charge in [0.25, 0.3) is 0 Å². The summed E-state index contributed by atoms with van der Waals surface area (Å²) in [5.41, 5.74) is 3.04. The molecule has 2 heterocycles. The highest BCUT2D eigenvalue weighted by Gasteiger charge is 2.33. The van der Waals surface area contributed by atoms with Crippen molar-refractivity contribution in [3.8, 4) is 23.0 Å². The average molecular weight is 406 g/mol. The molecule has 2 N–H and O–H groups in total. The zero-order valence-corrected chi connectivity index (χ0v) is 17.7. The van der Waals surface area contributed by atoms with Crippen molar-refractivity contribution < 1.29 is 24.5 Å². The number of phenols is 2. The van der Waals surface area contributed by atoms with Gasteiger partial charge < -0.3 is 19.7 Å². The number of fused-ring (bicyclic) bond motifs is 2. The fourth-order valence-corrected chi connectivity index (χ4v) is 3.80. The molecule has 2 aromatic carbocycles. The minimum atomic E-state index is -0.647. The number of ether oxygens (including phenoxy) is 2.